The molecule has 0 saturated carbocycles. The van der Waals surface area contributed by atoms with Gasteiger partial charge in [-0.3, -0.25) is 0 Å². The van der Waals surface area contributed by atoms with Gasteiger partial charge in [-0.15, -0.1) is 0 Å². The molecule has 0 aromatic heterocycles. The first kappa shape index (κ1) is 14.3. The van der Waals surface area contributed by atoms with Crippen LogP contribution in [0.2, 0.25) is 0 Å². The first-order valence-corrected chi connectivity index (χ1v) is 8.07. The SMILES string of the molecule is CCSCCCN1CCCc2c(C(=O)O)cccc21. The standard InChI is InChI=1S/C15H21NO2S/c1-2-19-11-5-10-16-9-4-7-12-13(15(17)18)6-3-8-14(12)16/h3,6,8H,2,4-5,7,9-11H2,1H3,(H,17,18). The molecular formula is C15H21NO2S. The topological polar surface area (TPSA) is 40.5 Å². The fourth-order valence-corrected chi connectivity index (χ4v) is 3.26. The maximum atomic E-state index is 11.3. The predicted octanol–water partition coefficient (Wildman–Crippen LogP) is 3.28. The lowest BCUT2D eigenvalue weighted by Crippen LogP contribution is -2.31. The van der Waals surface area contributed by atoms with Gasteiger partial charge in [0, 0.05) is 18.8 Å². The molecule has 0 spiro atoms. The summed E-state index contributed by atoms with van der Waals surface area (Å²) in [6, 6.07) is 5.65. The zero-order chi connectivity index (χ0) is 13.7. The number of benzene rings is 1. The van der Waals surface area contributed by atoms with Crippen LogP contribution in [-0.4, -0.2) is 35.7 Å². The van der Waals surface area contributed by atoms with Crippen molar-refractivity contribution >= 4 is 23.4 Å². The third-order valence-corrected chi connectivity index (χ3v) is 4.48. The number of hydrogen-bond acceptors (Lipinski definition) is 3. The molecule has 104 valence electrons. The molecule has 0 bridgehead atoms. The molecule has 2 rings (SSSR count). The van der Waals surface area contributed by atoms with Crippen LogP contribution in [0.1, 0.15) is 35.7 Å². The molecule has 19 heavy (non-hydrogen) atoms. The Bertz CT molecular complexity index is 448. The fourth-order valence-electron chi connectivity index (χ4n) is 2.64. The van der Waals surface area contributed by atoms with Crippen molar-refractivity contribution in [3.05, 3.63) is 29.3 Å². The highest BCUT2D eigenvalue weighted by atomic mass is 32.2. The van der Waals surface area contributed by atoms with Crippen molar-refractivity contribution in [3.63, 3.8) is 0 Å². The predicted molar refractivity (Wildman–Crippen MR) is 81.6 cm³/mol. The minimum absolute atomic E-state index is 0.477. The van der Waals surface area contributed by atoms with Crippen molar-refractivity contribution in [1.82, 2.24) is 0 Å². The van der Waals surface area contributed by atoms with Crippen molar-refractivity contribution in [2.45, 2.75) is 26.2 Å². The van der Waals surface area contributed by atoms with E-state index in [2.05, 4.69) is 17.9 Å². The Morgan fingerprint density at radius 2 is 2.32 bits per heavy atom. The Balaban J connectivity index is 2.11. The van der Waals surface area contributed by atoms with E-state index in [1.165, 1.54) is 11.5 Å². The van der Waals surface area contributed by atoms with Crippen LogP contribution in [0.4, 0.5) is 5.69 Å². The molecular weight excluding hydrogens is 258 g/mol. The number of carboxylic acid groups (broad SMARTS) is 1. The van der Waals surface area contributed by atoms with E-state index in [0.717, 1.165) is 43.6 Å². The molecule has 1 heterocycles. The van der Waals surface area contributed by atoms with Crippen molar-refractivity contribution < 1.29 is 9.90 Å². The van der Waals surface area contributed by atoms with E-state index >= 15 is 0 Å². The zero-order valence-corrected chi connectivity index (χ0v) is 12.2. The minimum Gasteiger partial charge on any atom is -0.478 e. The van der Waals surface area contributed by atoms with Gasteiger partial charge in [0.25, 0.3) is 0 Å². The van der Waals surface area contributed by atoms with Gasteiger partial charge in [-0.05, 0) is 48.5 Å². The molecule has 0 fully saturated rings. The second-order valence-electron chi connectivity index (χ2n) is 4.75. The van der Waals surface area contributed by atoms with Crippen molar-refractivity contribution in [2.75, 3.05) is 29.5 Å². The van der Waals surface area contributed by atoms with E-state index in [9.17, 15) is 9.90 Å². The van der Waals surface area contributed by atoms with E-state index in [4.69, 9.17) is 0 Å². The third kappa shape index (κ3) is 3.44. The summed E-state index contributed by atoms with van der Waals surface area (Å²) in [5, 5.41) is 9.25. The molecule has 0 unspecified atom stereocenters. The van der Waals surface area contributed by atoms with Crippen LogP contribution in [0.25, 0.3) is 0 Å². The zero-order valence-electron chi connectivity index (χ0n) is 11.4. The van der Waals surface area contributed by atoms with Gasteiger partial charge in [0.05, 0.1) is 5.56 Å². The lowest BCUT2D eigenvalue weighted by atomic mass is 9.96. The number of carbonyl (C=O) groups is 1. The maximum Gasteiger partial charge on any atom is 0.336 e. The second kappa shape index (κ2) is 6.85. The van der Waals surface area contributed by atoms with Gasteiger partial charge in [-0.25, -0.2) is 4.79 Å². The number of anilines is 1. The summed E-state index contributed by atoms with van der Waals surface area (Å²) >= 11 is 1.97. The quantitative estimate of drug-likeness (QED) is 0.811. The van der Waals surface area contributed by atoms with Gasteiger partial charge in [-0.1, -0.05) is 13.0 Å². The highest BCUT2D eigenvalue weighted by Gasteiger charge is 2.21. The number of hydrogen-bond donors (Lipinski definition) is 1. The van der Waals surface area contributed by atoms with Crippen LogP contribution in [0.15, 0.2) is 18.2 Å². The molecule has 1 aliphatic rings. The smallest absolute Gasteiger partial charge is 0.336 e. The van der Waals surface area contributed by atoms with Crippen LogP contribution >= 0.6 is 11.8 Å². The molecule has 4 heteroatoms. The summed E-state index contributed by atoms with van der Waals surface area (Å²) in [6.07, 6.45) is 3.10. The summed E-state index contributed by atoms with van der Waals surface area (Å²) in [6.45, 7) is 4.26. The van der Waals surface area contributed by atoms with Gasteiger partial charge < -0.3 is 10.0 Å². The number of thioether (sulfide) groups is 1. The van der Waals surface area contributed by atoms with Crippen LogP contribution in [0.3, 0.4) is 0 Å². The number of fused-ring (bicyclic) bond motifs is 1. The van der Waals surface area contributed by atoms with Crippen molar-refractivity contribution in [2.24, 2.45) is 0 Å². The Morgan fingerprint density at radius 3 is 3.05 bits per heavy atom. The van der Waals surface area contributed by atoms with Gasteiger partial charge in [0.2, 0.25) is 0 Å². The number of nitrogens with zero attached hydrogens (tertiary/aromatic N) is 1. The largest absolute Gasteiger partial charge is 0.478 e. The molecule has 0 amide bonds. The first-order valence-electron chi connectivity index (χ1n) is 6.92. The van der Waals surface area contributed by atoms with Gasteiger partial charge >= 0.3 is 5.97 Å². The lowest BCUT2D eigenvalue weighted by Gasteiger charge is -2.32. The molecule has 0 atom stereocenters. The monoisotopic (exact) mass is 279 g/mol. The summed E-state index contributed by atoms with van der Waals surface area (Å²) in [5.41, 5.74) is 2.63. The van der Waals surface area contributed by atoms with E-state index in [1.807, 2.05) is 17.8 Å². The average molecular weight is 279 g/mol. The summed E-state index contributed by atoms with van der Waals surface area (Å²) < 4.78 is 0. The number of aromatic carboxylic acids is 1. The van der Waals surface area contributed by atoms with Crippen LogP contribution < -0.4 is 4.90 Å². The lowest BCUT2D eigenvalue weighted by molar-refractivity contribution is 0.0695. The van der Waals surface area contributed by atoms with E-state index in [0.29, 0.717) is 5.56 Å². The molecule has 0 aliphatic carbocycles. The summed E-state index contributed by atoms with van der Waals surface area (Å²) in [7, 11) is 0. The van der Waals surface area contributed by atoms with Crippen LogP contribution in [0.5, 0.6) is 0 Å². The summed E-state index contributed by atoms with van der Waals surface area (Å²) in [5.74, 6) is 1.54. The van der Waals surface area contributed by atoms with Gasteiger partial charge in [-0.2, -0.15) is 11.8 Å². The number of carboxylic acids is 1. The van der Waals surface area contributed by atoms with Crippen molar-refractivity contribution in [3.8, 4) is 0 Å². The highest BCUT2D eigenvalue weighted by Crippen LogP contribution is 2.30. The molecule has 1 aromatic rings. The second-order valence-corrected chi connectivity index (χ2v) is 6.14. The molecule has 1 aliphatic heterocycles. The molecule has 1 N–H and O–H groups in total. The maximum absolute atomic E-state index is 11.3. The Labute approximate surface area is 119 Å². The summed E-state index contributed by atoms with van der Waals surface area (Å²) in [4.78, 5) is 13.6. The van der Waals surface area contributed by atoms with E-state index < -0.39 is 5.97 Å². The van der Waals surface area contributed by atoms with Crippen LogP contribution in [-0.2, 0) is 6.42 Å². The third-order valence-electron chi connectivity index (χ3n) is 3.50. The molecule has 0 radical (unpaired) electrons. The highest BCUT2D eigenvalue weighted by molar-refractivity contribution is 7.99. The van der Waals surface area contributed by atoms with Crippen molar-refractivity contribution in [1.29, 1.82) is 0 Å². The van der Waals surface area contributed by atoms with Crippen LogP contribution in [0, 0.1) is 0 Å². The Morgan fingerprint density at radius 1 is 1.47 bits per heavy atom. The Hall–Kier alpha value is -1.16. The van der Waals surface area contributed by atoms with E-state index in [1.54, 1.807) is 6.07 Å². The fraction of sp³-hybridized carbons (Fsp3) is 0.533. The van der Waals surface area contributed by atoms with Gasteiger partial charge in [0.15, 0.2) is 0 Å². The first-order chi connectivity index (χ1) is 9.24. The number of rotatable bonds is 6. The Kier molecular flexibility index (Phi) is 5.14. The normalized spacial score (nSPS) is 14.3. The van der Waals surface area contributed by atoms with E-state index in [-0.39, 0.29) is 0 Å². The minimum atomic E-state index is -0.805. The molecule has 1 aromatic carbocycles. The average Bonchev–Trinajstić information content (AvgIpc) is 2.43. The van der Waals surface area contributed by atoms with Gasteiger partial charge in [0.1, 0.15) is 0 Å². The molecule has 3 nitrogen and oxygen atoms in total. The molecule has 0 saturated heterocycles.